The van der Waals surface area contributed by atoms with E-state index in [0.29, 0.717) is 16.4 Å². The van der Waals surface area contributed by atoms with E-state index >= 15 is 0 Å². The van der Waals surface area contributed by atoms with Crippen LogP contribution < -0.4 is 10.6 Å². The molecule has 0 radical (unpaired) electrons. The average Bonchev–Trinajstić information content (AvgIpc) is 2.38. The summed E-state index contributed by atoms with van der Waals surface area (Å²) in [5.74, 6) is -0.174. The Kier molecular flexibility index (Phi) is 5.90. The number of thioether (sulfide) groups is 1. The maximum atomic E-state index is 12.0. The zero-order chi connectivity index (χ0) is 14.3. The highest BCUT2D eigenvalue weighted by Gasteiger charge is 2.11. The van der Waals surface area contributed by atoms with E-state index in [0.717, 1.165) is 0 Å². The quantitative estimate of drug-likeness (QED) is 0.384. The van der Waals surface area contributed by atoms with E-state index in [1.807, 2.05) is 20.0 Å². The van der Waals surface area contributed by atoms with Gasteiger partial charge < -0.3 is 5.32 Å². The summed E-state index contributed by atoms with van der Waals surface area (Å²) in [5.41, 5.74) is 1.02. The van der Waals surface area contributed by atoms with Gasteiger partial charge in [-0.1, -0.05) is 23.9 Å². The zero-order valence-electron chi connectivity index (χ0n) is 11.1. The van der Waals surface area contributed by atoms with Crippen molar-refractivity contribution in [3.63, 3.8) is 0 Å². The first kappa shape index (κ1) is 15.1. The lowest BCUT2D eigenvalue weighted by molar-refractivity contribution is 0.0944. The third-order valence-corrected chi connectivity index (χ3v) is 2.73. The summed E-state index contributed by atoms with van der Waals surface area (Å²) in [6.45, 7) is 3.79. The van der Waals surface area contributed by atoms with Gasteiger partial charge >= 0.3 is 0 Å². The predicted molar refractivity (Wildman–Crippen MR) is 78.4 cm³/mol. The van der Waals surface area contributed by atoms with E-state index in [1.165, 1.54) is 11.8 Å². The highest BCUT2D eigenvalue weighted by molar-refractivity contribution is 8.13. The summed E-state index contributed by atoms with van der Waals surface area (Å²) in [5, 5.41) is 14.4. The number of nitrogens with one attached hydrogen (secondary N) is 2. The topological polar surface area (TPSA) is 77.3 Å². The van der Waals surface area contributed by atoms with Gasteiger partial charge in [0.05, 0.1) is 11.3 Å². The van der Waals surface area contributed by atoms with Crippen molar-refractivity contribution >= 4 is 28.5 Å². The number of benzene rings is 1. The zero-order valence-corrected chi connectivity index (χ0v) is 11.9. The molecule has 0 aliphatic heterocycles. The Morgan fingerprint density at radius 2 is 2.11 bits per heavy atom. The number of hydrogen-bond acceptors (Lipinski definition) is 4. The minimum Gasteiger partial charge on any atom is -0.350 e. The fraction of sp³-hybridized carbons (Fsp3) is 0.308. The normalized spacial score (nSPS) is 11.0. The molecule has 6 heteroatoms. The molecule has 0 aliphatic carbocycles. The number of carbonyl (C=O) groups excluding carboxylic acids is 1. The lowest BCUT2D eigenvalue weighted by Gasteiger charge is -2.10. The van der Waals surface area contributed by atoms with Crippen LogP contribution >= 0.6 is 11.8 Å². The Morgan fingerprint density at radius 1 is 1.42 bits per heavy atom. The first-order valence-electron chi connectivity index (χ1n) is 5.76. The Hall–Kier alpha value is -2.00. The second-order valence-electron chi connectivity index (χ2n) is 4.00. The number of para-hydroxylation sites is 1. The molecule has 0 fully saturated rings. The van der Waals surface area contributed by atoms with Gasteiger partial charge in [0.25, 0.3) is 5.91 Å². The van der Waals surface area contributed by atoms with Crippen LogP contribution in [0, 0.1) is 11.5 Å². The molecule has 5 nitrogen and oxygen atoms in total. The molecular formula is C13H16N4OS. The van der Waals surface area contributed by atoms with Gasteiger partial charge in [0.15, 0.2) is 11.4 Å². The maximum absolute atomic E-state index is 12.0. The van der Waals surface area contributed by atoms with Crippen LogP contribution in [0.2, 0.25) is 0 Å². The van der Waals surface area contributed by atoms with Crippen molar-refractivity contribution in [2.45, 2.75) is 19.9 Å². The molecular weight excluding hydrogens is 260 g/mol. The first-order chi connectivity index (χ1) is 9.08. The molecule has 0 atom stereocenters. The largest absolute Gasteiger partial charge is 0.350 e. The molecule has 1 aromatic carbocycles. The number of amides is 1. The predicted octanol–water partition coefficient (Wildman–Crippen LogP) is 2.25. The molecule has 19 heavy (non-hydrogen) atoms. The van der Waals surface area contributed by atoms with Gasteiger partial charge in [0.2, 0.25) is 0 Å². The van der Waals surface area contributed by atoms with Crippen molar-refractivity contribution in [1.82, 2.24) is 10.6 Å². The van der Waals surface area contributed by atoms with Crippen molar-refractivity contribution in [2.24, 2.45) is 4.99 Å². The van der Waals surface area contributed by atoms with Crippen LogP contribution in [0.4, 0.5) is 5.69 Å². The molecule has 2 N–H and O–H groups in total. The SMILES string of the molecule is CSC(=Nc1ccccc1C(=O)NC(C)C)NC#N. The van der Waals surface area contributed by atoms with Gasteiger partial charge in [-0.2, -0.15) is 5.26 Å². The van der Waals surface area contributed by atoms with Crippen molar-refractivity contribution < 1.29 is 4.79 Å². The molecule has 1 amide bonds. The Labute approximate surface area is 117 Å². The minimum atomic E-state index is -0.174. The van der Waals surface area contributed by atoms with Crippen molar-refractivity contribution in [3.05, 3.63) is 29.8 Å². The van der Waals surface area contributed by atoms with Crippen molar-refractivity contribution in [3.8, 4) is 6.19 Å². The second-order valence-corrected chi connectivity index (χ2v) is 4.80. The smallest absolute Gasteiger partial charge is 0.253 e. The second kappa shape index (κ2) is 7.44. The van der Waals surface area contributed by atoms with Crippen LogP contribution in [0.3, 0.4) is 0 Å². The number of aliphatic imine (C=N–C) groups is 1. The molecule has 0 saturated heterocycles. The molecule has 0 aliphatic rings. The summed E-state index contributed by atoms with van der Waals surface area (Å²) in [6, 6.07) is 7.09. The van der Waals surface area contributed by atoms with E-state index in [9.17, 15) is 4.79 Å². The Balaban J connectivity index is 3.09. The summed E-state index contributed by atoms with van der Waals surface area (Å²) in [6.07, 6.45) is 3.62. The fourth-order valence-corrected chi connectivity index (χ4v) is 1.72. The highest BCUT2D eigenvalue weighted by Crippen LogP contribution is 2.20. The molecule has 0 spiro atoms. The first-order valence-corrected chi connectivity index (χ1v) is 6.98. The van der Waals surface area contributed by atoms with E-state index in [2.05, 4.69) is 15.6 Å². The van der Waals surface area contributed by atoms with E-state index in [-0.39, 0.29) is 11.9 Å². The number of nitriles is 1. The third-order valence-electron chi connectivity index (χ3n) is 2.15. The summed E-state index contributed by atoms with van der Waals surface area (Å²) >= 11 is 1.31. The van der Waals surface area contributed by atoms with Crippen LogP contribution in [0.25, 0.3) is 0 Å². The summed E-state index contributed by atoms with van der Waals surface area (Å²) in [4.78, 5) is 16.3. The maximum Gasteiger partial charge on any atom is 0.253 e. The molecule has 1 aromatic rings. The van der Waals surface area contributed by atoms with E-state index in [4.69, 9.17) is 5.26 Å². The third kappa shape index (κ3) is 4.64. The lowest BCUT2D eigenvalue weighted by atomic mass is 10.1. The van der Waals surface area contributed by atoms with E-state index < -0.39 is 0 Å². The summed E-state index contributed by atoms with van der Waals surface area (Å²) in [7, 11) is 0. The van der Waals surface area contributed by atoms with Crippen LogP contribution in [-0.2, 0) is 0 Å². The standard InChI is InChI=1S/C13H16N4OS/c1-9(2)16-12(18)10-6-4-5-7-11(10)17-13(19-3)15-8-14/h4-7,9H,1-3H3,(H,15,17)(H,16,18). The number of amidine groups is 1. The molecule has 0 unspecified atom stereocenters. The van der Waals surface area contributed by atoms with Gasteiger partial charge in [-0.25, -0.2) is 4.99 Å². The Morgan fingerprint density at radius 3 is 2.68 bits per heavy atom. The van der Waals surface area contributed by atoms with E-state index in [1.54, 1.807) is 30.5 Å². The Bertz CT molecular complexity index is 520. The van der Waals surface area contributed by atoms with Gasteiger partial charge in [-0.3, -0.25) is 10.1 Å². The molecule has 0 heterocycles. The van der Waals surface area contributed by atoms with Gasteiger partial charge in [-0.15, -0.1) is 0 Å². The highest BCUT2D eigenvalue weighted by atomic mass is 32.2. The van der Waals surface area contributed by atoms with Gasteiger partial charge in [0.1, 0.15) is 0 Å². The van der Waals surface area contributed by atoms with Gasteiger partial charge in [0, 0.05) is 6.04 Å². The molecule has 0 aromatic heterocycles. The average molecular weight is 276 g/mol. The van der Waals surface area contributed by atoms with Crippen molar-refractivity contribution in [1.29, 1.82) is 5.26 Å². The van der Waals surface area contributed by atoms with Crippen LogP contribution in [0.5, 0.6) is 0 Å². The number of nitrogens with zero attached hydrogens (tertiary/aromatic N) is 2. The van der Waals surface area contributed by atoms with Crippen LogP contribution in [0.15, 0.2) is 29.3 Å². The van der Waals surface area contributed by atoms with Crippen LogP contribution in [0.1, 0.15) is 24.2 Å². The van der Waals surface area contributed by atoms with Gasteiger partial charge in [-0.05, 0) is 32.2 Å². The van der Waals surface area contributed by atoms with Crippen molar-refractivity contribution in [2.75, 3.05) is 6.26 Å². The molecule has 0 saturated carbocycles. The summed E-state index contributed by atoms with van der Waals surface area (Å²) < 4.78 is 0. The number of rotatable bonds is 3. The lowest BCUT2D eigenvalue weighted by Crippen LogP contribution is -2.30. The monoisotopic (exact) mass is 276 g/mol. The number of hydrogen-bond donors (Lipinski definition) is 2. The molecule has 0 bridgehead atoms. The minimum absolute atomic E-state index is 0.0572. The fourth-order valence-electron chi connectivity index (χ4n) is 1.38. The number of carbonyl (C=O) groups is 1. The molecule has 1 rings (SSSR count). The molecule has 100 valence electrons. The van der Waals surface area contributed by atoms with Crippen LogP contribution in [-0.4, -0.2) is 23.4 Å².